The predicted octanol–water partition coefficient (Wildman–Crippen LogP) is 2.00. The fourth-order valence-corrected chi connectivity index (χ4v) is 4.53. The lowest BCUT2D eigenvalue weighted by Crippen LogP contribution is -2.48. The van der Waals surface area contributed by atoms with Crippen LogP contribution in [0.15, 0.2) is 23.8 Å². The van der Waals surface area contributed by atoms with Crippen LogP contribution in [0.1, 0.15) is 47.5 Å². The molecule has 3 heterocycles. The minimum Gasteiger partial charge on any atom is -0.455 e. The van der Waals surface area contributed by atoms with Crippen LogP contribution >= 0.6 is 0 Å². The highest BCUT2D eigenvalue weighted by atomic mass is 16.7. The van der Waals surface area contributed by atoms with Crippen molar-refractivity contribution in [2.75, 3.05) is 0 Å². The average molecular weight is 420 g/mol. The van der Waals surface area contributed by atoms with Gasteiger partial charge in [-0.15, -0.1) is 0 Å². The largest absolute Gasteiger partial charge is 0.455 e. The van der Waals surface area contributed by atoms with Gasteiger partial charge in [0.15, 0.2) is 17.8 Å². The number of carbonyl (C=O) groups is 3. The lowest BCUT2D eigenvalue weighted by atomic mass is 9.80. The SMILES string of the molecule is C=C1C(=O)O[C@H]2C1[C@H](OC(=O)[C@@]1(C)O[C@H]1C)[C@@H](OC(C)=O)/C(C)=C\CC[C@@]1(C)O[C@H]21. The normalized spacial score (nSPS) is 46.5. The number of rotatable bonds is 3. The summed E-state index contributed by atoms with van der Waals surface area (Å²) in [5.74, 6) is -2.37. The fraction of sp³-hybridized carbons (Fsp3) is 0.682. The van der Waals surface area contributed by atoms with Gasteiger partial charge in [0.25, 0.3) is 0 Å². The van der Waals surface area contributed by atoms with Gasteiger partial charge in [-0.25, -0.2) is 9.59 Å². The van der Waals surface area contributed by atoms with E-state index in [-0.39, 0.29) is 17.8 Å². The van der Waals surface area contributed by atoms with Crippen LogP contribution in [0.25, 0.3) is 0 Å². The van der Waals surface area contributed by atoms with Crippen LogP contribution in [-0.2, 0) is 38.1 Å². The Balaban J connectivity index is 1.76. The number of hydrogen-bond donors (Lipinski definition) is 0. The highest BCUT2D eigenvalue weighted by Gasteiger charge is 2.65. The van der Waals surface area contributed by atoms with Crippen molar-refractivity contribution < 1.29 is 38.1 Å². The second-order valence-corrected chi connectivity index (χ2v) is 9.03. The molecule has 8 atom stereocenters. The molecule has 0 bridgehead atoms. The average Bonchev–Trinajstić information content (AvgIpc) is 3.48. The smallest absolute Gasteiger partial charge is 0.341 e. The fourth-order valence-electron chi connectivity index (χ4n) is 4.53. The zero-order chi connectivity index (χ0) is 22.0. The Morgan fingerprint density at radius 3 is 2.50 bits per heavy atom. The molecular formula is C22H28O8. The Bertz CT molecular complexity index is 846. The van der Waals surface area contributed by atoms with Crippen LogP contribution < -0.4 is 0 Å². The van der Waals surface area contributed by atoms with Crippen LogP contribution in [0, 0.1) is 5.92 Å². The van der Waals surface area contributed by atoms with Crippen LogP contribution in [0.4, 0.5) is 0 Å². The number of epoxide rings is 2. The van der Waals surface area contributed by atoms with Crippen molar-refractivity contribution in [1.82, 2.24) is 0 Å². The maximum atomic E-state index is 12.9. The number of carbonyl (C=O) groups excluding carboxylic acids is 3. The Morgan fingerprint density at radius 1 is 1.23 bits per heavy atom. The van der Waals surface area contributed by atoms with Crippen molar-refractivity contribution in [2.24, 2.45) is 5.92 Å². The third-order valence-corrected chi connectivity index (χ3v) is 6.79. The van der Waals surface area contributed by atoms with Gasteiger partial charge in [-0.2, -0.15) is 0 Å². The van der Waals surface area contributed by atoms with E-state index < -0.39 is 53.3 Å². The lowest BCUT2D eigenvalue weighted by Gasteiger charge is -2.34. The first kappa shape index (κ1) is 21.1. The number of esters is 3. The van der Waals surface area contributed by atoms with Gasteiger partial charge in [-0.3, -0.25) is 4.79 Å². The van der Waals surface area contributed by atoms with E-state index in [1.54, 1.807) is 13.8 Å². The Labute approximate surface area is 175 Å². The van der Waals surface area contributed by atoms with Crippen LogP contribution in [0.3, 0.4) is 0 Å². The first-order valence-corrected chi connectivity index (χ1v) is 10.3. The number of fused-ring (bicyclic) bond motifs is 3. The predicted molar refractivity (Wildman–Crippen MR) is 103 cm³/mol. The van der Waals surface area contributed by atoms with Gasteiger partial charge in [0.05, 0.1) is 17.6 Å². The van der Waals surface area contributed by atoms with Crippen LogP contribution in [0.5, 0.6) is 0 Å². The molecule has 3 aliphatic heterocycles. The zero-order valence-electron chi connectivity index (χ0n) is 17.9. The molecule has 4 rings (SSSR count). The molecule has 0 N–H and O–H groups in total. The topological polar surface area (TPSA) is 104 Å². The Kier molecular flexibility index (Phi) is 4.86. The molecule has 0 aromatic rings. The van der Waals surface area contributed by atoms with E-state index in [1.807, 2.05) is 19.9 Å². The Hall–Kier alpha value is -2.19. The van der Waals surface area contributed by atoms with Crippen molar-refractivity contribution in [3.05, 3.63) is 23.8 Å². The monoisotopic (exact) mass is 420 g/mol. The summed E-state index contributed by atoms with van der Waals surface area (Å²) in [5, 5.41) is 0. The van der Waals surface area contributed by atoms with Gasteiger partial charge in [0, 0.05) is 12.5 Å². The summed E-state index contributed by atoms with van der Waals surface area (Å²) < 4.78 is 28.5. The molecule has 164 valence electrons. The molecule has 0 aromatic heterocycles. The number of hydrogen-bond acceptors (Lipinski definition) is 8. The highest BCUT2D eigenvalue weighted by molar-refractivity contribution is 5.91. The first-order valence-electron chi connectivity index (χ1n) is 10.3. The van der Waals surface area contributed by atoms with Gasteiger partial charge >= 0.3 is 17.9 Å². The van der Waals surface area contributed by atoms with Crippen molar-refractivity contribution in [3.63, 3.8) is 0 Å². The summed E-state index contributed by atoms with van der Waals surface area (Å²) in [6.45, 7) is 12.4. The van der Waals surface area contributed by atoms with Gasteiger partial charge in [-0.1, -0.05) is 12.7 Å². The summed E-state index contributed by atoms with van der Waals surface area (Å²) in [6.07, 6.45) is 0.170. The Morgan fingerprint density at radius 2 is 1.90 bits per heavy atom. The van der Waals surface area contributed by atoms with Gasteiger partial charge in [0.1, 0.15) is 12.2 Å². The third-order valence-electron chi connectivity index (χ3n) is 6.79. The molecule has 8 nitrogen and oxygen atoms in total. The summed E-state index contributed by atoms with van der Waals surface area (Å²) in [5.41, 5.74) is -0.603. The van der Waals surface area contributed by atoms with Gasteiger partial charge in [0.2, 0.25) is 0 Å². The molecule has 3 saturated heterocycles. The molecule has 8 heteroatoms. The highest BCUT2D eigenvalue weighted by Crippen LogP contribution is 2.51. The molecule has 0 saturated carbocycles. The molecule has 0 radical (unpaired) electrons. The van der Waals surface area contributed by atoms with Crippen molar-refractivity contribution in [1.29, 1.82) is 0 Å². The third kappa shape index (κ3) is 3.36. The maximum absolute atomic E-state index is 12.9. The van der Waals surface area contributed by atoms with E-state index in [0.29, 0.717) is 6.42 Å². The van der Waals surface area contributed by atoms with E-state index in [9.17, 15) is 14.4 Å². The maximum Gasteiger partial charge on any atom is 0.341 e. The quantitative estimate of drug-likeness (QED) is 0.225. The van der Waals surface area contributed by atoms with Crippen molar-refractivity contribution >= 4 is 17.9 Å². The van der Waals surface area contributed by atoms with Crippen LogP contribution in [0.2, 0.25) is 0 Å². The molecule has 0 spiro atoms. The zero-order valence-corrected chi connectivity index (χ0v) is 17.9. The van der Waals surface area contributed by atoms with Gasteiger partial charge < -0.3 is 23.7 Å². The van der Waals surface area contributed by atoms with E-state index in [0.717, 1.165) is 12.0 Å². The van der Waals surface area contributed by atoms with E-state index in [2.05, 4.69) is 6.58 Å². The van der Waals surface area contributed by atoms with Crippen molar-refractivity contribution in [3.8, 4) is 0 Å². The molecule has 0 amide bonds. The lowest BCUT2D eigenvalue weighted by molar-refractivity contribution is -0.173. The summed E-state index contributed by atoms with van der Waals surface area (Å²) >= 11 is 0. The number of ether oxygens (including phenoxy) is 5. The van der Waals surface area contributed by atoms with Crippen LogP contribution in [-0.4, -0.2) is 59.6 Å². The van der Waals surface area contributed by atoms with E-state index in [4.69, 9.17) is 23.7 Å². The van der Waals surface area contributed by atoms with Crippen molar-refractivity contribution in [2.45, 2.75) is 89.2 Å². The molecule has 1 aliphatic carbocycles. The van der Waals surface area contributed by atoms with Gasteiger partial charge in [-0.05, 0) is 46.1 Å². The van der Waals surface area contributed by atoms with E-state index >= 15 is 0 Å². The number of allylic oxidation sites excluding steroid dienone is 1. The van der Waals surface area contributed by atoms with E-state index in [1.165, 1.54) is 6.92 Å². The molecule has 1 unspecified atom stereocenters. The summed E-state index contributed by atoms with van der Waals surface area (Å²) in [6, 6.07) is 0. The molecular weight excluding hydrogens is 392 g/mol. The summed E-state index contributed by atoms with van der Waals surface area (Å²) in [7, 11) is 0. The molecule has 30 heavy (non-hydrogen) atoms. The standard InChI is InChI=1S/C22H28O8/c1-10-8-7-9-21(5)18(30-21)17-14(11(2)19(24)27-17)16(15(10)26-13(4)23)28-20(25)22(6)12(3)29-22/h8,12,14-18H,2,7,9H2,1,3-6H3/b10-8-/t12-,14?,15-,16-,17-,18+,21+,22-/m0/s1. The first-order chi connectivity index (χ1) is 14.0. The molecule has 0 aromatic carbocycles. The summed E-state index contributed by atoms with van der Waals surface area (Å²) in [4.78, 5) is 37.3. The minimum atomic E-state index is -1.07. The second kappa shape index (κ2) is 6.92. The molecule has 4 aliphatic rings. The minimum absolute atomic E-state index is 0.177. The molecule has 3 fully saturated rings. The second-order valence-electron chi connectivity index (χ2n) is 9.03.